The molecule has 31 heavy (non-hydrogen) atoms. The van der Waals surface area contributed by atoms with E-state index < -0.39 is 5.91 Å². The Morgan fingerprint density at radius 2 is 1.71 bits per heavy atom. The van der Waals surface area contributed by atoms with Crippen molar-refractivity contribution in [3.63, 3.8) is 0 Å². The number of hydrogen-bond donors (Lipinski definition) is 1. The number of hydrogen-bond acceptors (Lipinski definition) is 3. The van der Waals surface area contributed by atoms with Gasteiger partial charge in [-0.1, -0.05) is 36.1 Å². The molecule has 0 aliphatic rings. The summed E-state index contributed by atoms with van der Waals surface area (Å²) in [5.41, 5.74) is 2.74. The average molecular weight is 407 g/mol. The first kappa shape index (κ1) is 20.1. The van der Waals surface area contributed by atoms with Crippen LogP contribution in [0, 0.1) is 11.8 Å². The van der Waals surface area contributed by atoms with E-state index in [0.717, 1.165) is 16.8 Å². The summed E-state index contributed by atoms with van der Waals surface area (Å²) in [5, 5.41) is 3.19. The number of amides is 1. The van der Waals surface area contributed by atoms with Gasteiger partial charge in [0.15, 0.2) is 0 Å². The molecule has 0 atom stereocenters. The molecule has 5 heteroatoms. The van der Waals surface area contributed by atoms with Crippen molar-refractivity contribution >= 4 is 16.9 Å². The molecule has 1 N–H and O–H groups in total. The fourth-order valence-electron chi connectivity index (χ4n) is 3.26. The summed E-state index contributed by atoms with van der Waals surface area (Å²) in [5.74, 6) is 5.91. The number of nitrogens with one attached hydrogen (secondary N) is 1. The summed E-state index contributed by atoms with van der Waals surface area (Å²) < 4.78 is 1.76. The number of benzene rings is 2. The van der Waals surface area contributed by atoms with Crippen molar-refractivity contribution in [1.82, 2.24) is 14.9 Å². The van der Waals surface area contributed by atoms with Gasteiger partial charge in [0, 0.05) is 35.2 Å². The van der Waals surface area contributed by atoms with Crippen molar-refractivity contribution in [1.29, 1.82) is 0 Å². The van der Waals surface area contributed by atoms with Crippen LogP contribution in [0.15, 0.2) is 83.9 Å². The van der Waals surface area contributed by atoms with Crippen molar-refractivity contribution in [2.24, 2.45) is 0 Å². The third-order valence-corrected chi connectivity index (χ3v) is 4.68. The molecule has 0 fully saturated rings. The summed E-state index contributed by atoms with van der Waals surface area (Å²) in [6, 6.07) is 20.7. The minimum Gasteiger partial charge on any atom is -0.350 e. The van der Waals surface area contributed by atoms with Crippen LogP contribution in [0.1, 0.15) is 35.3 Å². The van der Waals surface area contributed by atoms with Crippen molar-refractivity contribution in [3.05, 3.63) is 106 Å². The lowest BCUT2D eigenvalue weighted by atomic mass is 10.1. The van der Waals surface area contributed by atoms with E-state index in [1.54, 1.807) is 29.1 Å². The molecular formula is C26H21N3O2. The Balaban J connectivity index is 1.85. The van der Waals surface area contributed by atoms with Gasteiger partial charge in [0.05, 0.1) is 5.39 Å². The number of nitrogens with zero attached hydrogens (tertiary/aromatic N) is 2. The lowest BCUT2D eigenvalue weighted by Gasteiger charge is -2.14. The zero-order valence-electron chi connectivity index (χ0n) is 17.3. The highest BCUT2D eigenvalue weighted by molar-refractivity contribution is 5.97. The Hall–Kier alpha value is -4.17. The van der Waals surface area contributed by atoms with Crippen LogP contribution in [-0.2, 0) is 0 Å². The largest absolute Gasteiger partial charge is 0.350 e. The van der Waals surface area contributed by atoms with Gasteiger partial charge in [0.1, 0.15) is 11.2 Å². The Morgan fingerprint density at radius 1 is 0.968 bits per heavy atom. The molecule has 152 valence electrons. The third kappa shape index (κ3) is 4.39. The number of rotatable bonds is 3. The van der Waals surface area contributed by atoms with Gasteiger partial charge in [0.2, 0.25) is 5.43 Å². The number of fused-ring (bicyclic) bond motifs is 1. The smallest absolute Gasteiger partial charge is 0.256 e. The summed E-state index contributed by atoms with van der Waals surface area (Å²) >= 11 is 0. The van der Waals surface area contributed by atoms with E-state index in [9.17, 15) is 9.59 Å². The molecule has 0 spiro atoms. The lowest BCUT2D eigenvalue weighted by Crippen LogP contribution is -2.34. The zero-order valence-corrected chi connectivity index (χ0v) is 17.3. The quantitative estimate of drug-likeness (QED) is 0.524. The number of carbonyl (C=O) groups is 1. The fraction of sp³-hybridized carbons (Fsp3) is 0.115. The van der Waals surface area contributed by atoms with Crippen molar-refractivity contribution in [3.8, 4) is 17.5 Å². The maximum atomic E-state index is 12.9. The number of pyridine rings is 2. The fourth-order valence-corrected chi connectivity index (χ4v) is 3.26. The molecule has 2 aromatic heterocycles. The minimum atomic E-state index is -0.403. The van der Waals surface area contributed by atoms with Crippen molar-refractivity contribution in [2.45, 2.75) is 19.9 Å². The van der Waals surface area contributed by atoms with Crippen LogP contribution in [0.25, 0.3) is 16.7 Å². The summed E-state index contributed by atoms with van der Waals surface area (Å²) in [7, 11) is 0. The van der Waals surface area contributed by atoms with Crippen LogP contribution < -0.4 is 10.7 Å². The molecule has 2 aromatic carbocycles. The molecular weight excluding hydrogens is 386 g/mol. The molecule has 4 rings (SSSR count). The average Bonchev–Trinajstić information content (AvgIpc) is 2.78. The first-order chi connectivity index (χ1) is 15.0. The normalized spacial score (nSPS) is 10.5. The maximum Gasteiger partial charge on any atom is 0.256 e. The Morgan fingerprint density at radius 3 is 2.48 bits per heavy atom. The van der Waals surface area contributed by atoms with E-state index in [2.05, 4.69) is 22.1 Å². The van der Waals surface area contributed by atoms with Crippen LogP contribution in [0.4, 0.5) is 0 Å². The maximum absolute atomic E-state index is 12.9. The lowest BCUT2D eigenvalue weighted by molar-refractivity contribution is 0.0941. The van der Waals surface area contributed by atoms with Gasteiger partial charge in [-0.25, -0.2) is 4.98 Å². The minimum absolute atomic E-state index is 0.0787. The van der Waals surface area contributed by atoms with Gasteiger partial charge in [-0.3, -0.25) is 9.59 Å². The topological polar surface area (TPSA) is 64.0 Å². The van der Waals surface area contributed by atoms with Crippen LogP contribution >= 0.6 is 0 Å². The van der Waals surface area contributed by atoms with Crippen molar-refractivity contribution < 1.29 is 4.79 Å². The molecule has 0 bridgehead atoms. The molecule has 0 radical (unpaired) electrons. The van der Waals surface area contributed by atoms with E-state index in [0.29, 0.717) is 11.0 Å². The van der Waals surface area contributed by atoms with Crippen LogP contribution in [0.3, 0.4) is 0 Å². The predicted molar refractivity (Wildman–Crippen MR) is 122 cm³/mol. The molecule has 2 heterocycles. The van der Waals surface area contributed by atoms with E-state index in [1.807, 2.05) is 68.4 Å². The Kier molecular flexibility index (Phi) is 5.63. The monoisotopic (exact) mass is 407 g/mol. The molecule has 0 unspecified atom stereocenters. The van der Waals surface area contributed by atoms with Gasteiger partial charge >= 0.3 is 0 Å². The standard InChI is InChI=1S/C26H21N3O2/c1-18(2)28-26(31)23-17-29(25-22(24(23)30)12-7-15-27-25)21-11-6-10-20(16-21)14-13-19-8-4-3-5-9-19/h3-12,15-18H,1-2H3,(H,28,31). The van der Waals surface area contributed by atoms with Gasteiger partial charge in [-0.2, -0.15) is 0 Å². The highest BCUT2D eigenvalue weighted by Crippen LogP contribution is 2.17. The highest BCUT2D eigenvalue weighted by atomic mass is 16.2. The Labute approximate surface area is 180 Å². The molecule has 4 aromatic rings. The van der Waals surface area contributed by atoms with E-state index in [-0.39, 0.29) is 17.0 Å². The van der Waals surface area contributed by atoms with Crippen LogP contribution in [0.5, 0.6) is 0 Å². The second-order valence-electron chi connectivity index (χ2n) is 7.41. The molecule has 1 amide bonds. The first-order valence-corrected chi connectivity index (χ1v) is 10.0. The van der Waals surface area contributed by atoms with Gasteiger partial charge < -0.3 is 9.88 Å². The summed E-state index contributed by atoms with van der Waals surface area (Å²) in [6.07, 6.45) is 3.18. The molecule has 5 nitrogen and oxygen atoms in total. The molecule has 0 saturated heterocycles. The Bertz CT molecular complexity index is 1380. The second-order valence-corrected chi connectivity index (χ2v) is 7.41. The summed E-state index contributed by atoms with van der Waals surface area (Å²) in [4.78, 5) is 30.0. The van der Waals surface area contributed by atoms with E-state index >= 15 is 0 Å². The summed E-state index contributed by atoms with van der Waals surface area (Å²) in [6.45, 7) is 3.71. The van der Waals surface area contributed by atoms with Crippen LogP contribution in [0.2, 0.25) is 0 Å². The van der Waals surface area contributed by atoms with E-state index in [4.69, 9.17) is 0 Å². The predicted octanol–water partition coefficient (Wildman–Crippen LogP) is 3.92. The van der Waals surface area contributed by atoms with Crippen molar-refractivity contribution in [2.75, 3.05) is 0 Å². The van der Waals surface area contributed by atoms with Gasteiger partial charge in [-0.05, 0) is 56.3 Å². The number of aromatic nitrogens is 2. The van der Waals surface area contributed by atoms with Gasteiger partial charge in [-0.15, -0.1) is 0 Å². The van der Waals surface area contributed by atoms with Gasteiger partial charge in [0.25, 0.3) is 5.91 Å². The third-order valence-electron chi connectivity index (χ3n) is 4.68. The zero-order chi connectivity index (χ0) is 21.8. The SMILES string of the molecule is CC(C)NC(=O)c1cn(-c2cccc(C#Cc3ccccc3)c2)c2ncccc2c1=O. The molecule has 0 aliphatic heterocycles. The first-order valence-electron chi connectivity index (χ1n) is 10.0. The number of carbonyl (C=O) groups excluding carboxylic acids is 1. The van der Waals surface area contributed by atoms with Crippen LogP contribution in [-0.4, -0.2) is 21.5 Å². The molecule has 0 saturated carbocycles. The highest BCUT2D eigenvalue weighted by Gasteiger charge is 2.17. The molecule has 0 aliphatic carbocycles. The second kappa shape index (κ2) is 8.68. The van der Waals surface area contributed by atoms with E-state index in [1.165, 1.54) is 0 Å².